The van der Waals surface area contributed by atoms with Crippen molar-refractivity contribution in [1.82, 2.24) is 0 Å². The lowest BCUT2D eigenvalue weighted by Gasteiger charge is -2.63. The quantitative estimate of drug-likeness (QED) is 0.456. The number of terminal acetylenes is 1. The van der Waals surface area contributed by atoms with Gasteiger partial charge >= 0.3 is 0 Å². The third-order valence-corrected chi connectivity index (χ3v) is 8.73. The molecule has 0 unspecified atom stereocenters. The predicted molar refractivity (Wildman–Crippen MR) is 97.8 cm³/mol. The zero-order valence-corrected chi connectivity index (χ0v) is 16.0. The van der Waals surface area contributed by atoms with Gasteiger partial charge in [-0.2, -0.15) is 0 Å². The van der Waals surface area contributed by atoms with E-state index in [9.17, 15) is 20.0 Å². The minimum Gasteiger partial charge on any atom is -0.389 e. The van der Waals surface area contributed by atoms with Gasteiger partial charge in [0.05, 0.1) is 5.60 Å². The molecule has 6 nitrogen and oxygen atoms in total. The summed E-state index contributed by atoms with van der Waals surface area (Å²) in [5.74, 6) is 2.86. The average molecular weight is 373 g/mol. The van der Waals surface area contributed by atoms with Crippen LogP contribution >= 0.6 is 0 Å². The minimum absolute atomic E-state index is 0.0113. The van der Waals surface area contributed by atoms with Crippen molar-refractivity contribution in [3.8, 4) is 12.3 Å². The van der Waals surface area contributed by atoms with Crippen molar-refractivity contribution in [2.24, 2.45) is 22.7 Å². The molecule has 0 heterocycles. The Kier molecular flexibility index (Phi) is 3.82. The molecule has 0 aliphatic heterocycles. The maximum absolute atomic E-state index is 11.9. The van der Waals surface area contributed by atoms with E-state index in [1.165, 1.54) is 0 Å². The van der Waals surface area contributed by atoms with Gasteiger partial charge in [-0.25, -0.2) is 0 Å². The van der Waals surface area contributed by atoms with Crippen molar-refractivity contribution in [3.05, 3.63) is 21.8 Å². The molecular weight excluding hydrogens is 346 g/mol. The highest BCUT2D eigenvalue weighted by atomic mass is 17.0. The van der Waals surface area contributed by atoms with E-state index in [0.29, 0.717) is 32.1 Å². The number of hydrogen-bond acceptors (Lipinski definition) is 5. The van der Waals surface area contributed by atoms with Crippen molar-refractivity contribution in [2.45, 2.75) is 76.4 Å². The number of fused-ring (bicyclic) bond motifs is 5. The maximum Gasteiger partial charge on any atom is 0.296 e. The molecule has 1 N–H and O–H groups in total. The third kappa shape index (κ3) is 2.15. The summed E-state index contributed by atoms with van der Waals surface area (Å²) >= 11 is 0. The summed E-state index contributed by atoms with van der Waals surface area (Å²) in [5.41, 5.74) is -1.99. The first-order chi connectivity index (χ1) is 12.6. The monoisotopic (exact) mass is 373 g/mol. The number of carbonyl (C=O) groups excluding carboxylic acids is 1. The predicted octanol–water partition coefficient (Wildman–Crippen LogP) is 3.21. The normalized spacial score (nSPS) is 48.5. The Morgan fingerprint density at radius 3 is 2.63 bits per heavy atom. The molecule has 4 aliphatic rings. The molecule has 0 spiro atoms. The summed E-state index contributed by atoms with van der Waals surface area (Å²) in [6, 6.07) is 0. The second-order valence-electron chi connectivity index (χ2n) is 9.39. The number of rotatable bonds is 2. The highest BCUT2D eigenvalue weighted by molar-refractivity contribution is 5.91. The second-order valence-corrected chi connectivity index (χ2v) is 9.39. The van der Waals surface area contributed by atoms with Gasteiger partial charge in [-0.15, -0.1) is 16.5 Å². The molecule has 0 saturated heterocycles. The van der Waals surface area contributed by atoms with Crippen LogP contribution in [0.25, 0.3) is 0 Å². The lowest BCUT2D eigenvalue weighted by molar-refractivity contribution is -0.781. The van der Waals surface area contributed by atoms with E-state index in [2.05, 4.69) is 12.8 Å². The first-order valence-corrected chi connectivity index (χ1v) is 9.89. The molecule has 0 bridgehead atoms. The smallest absolute Gasteiger partial charge is 0.296 e. The molecular formula is C21H27NO5. The van der Waals surface area contributed by atoms with Gasteiger partial charge < -0.3 is 5.11 Å². The lowest BCUT2D eigenvalue weighted by atomic mass is 9.44. The molecule has 3 fully saturated rings. The Balaban J connectivity index is 1.74. The molecule has 4 rings (SSSR count). The van der Waals surface area contributed by atoms with E-state index >= 15 is 0 Å². The largest absolute Gasteiger partial charge is 0.389 e. The molecule has 6 heteroatoms. The average Bonchev–Trinajstić information content (AvgIpc) is 2.89. The summed E-state index contributed by atoms with van der Waals surface area (Å²) in [7, 11) is 0. The summed E-state index contributed by atoms with van der Waals surface area (Å²) in [6.07, 6.45) is 12.5. The van der Waals surface area contributed by atoms with E-state index < -0.39 is 27.1 Å². The SMILES string of the molecule is C#C[C@]1(O[N+](=O)[O-])CC[C@H]2[C@@H]3CCC4=CC(=O)CC[C@]4(C)[C@@]3(O)CC[C@@]21C. The van der Waals surface area contributed by atoms with Crippen LogP contribution in [0.3, 0.4) is 0 Å². The van der Waals surface area contributed by atoms with Crippen LogP contribution in [0.15, 0.2) is 11.6 Å². The van der Waals surface area contributed by atoms with Crippen LogP contribution in [0.5, 0.6) is 0 Å². The molecule has 6 atom stereocenters. The Morgan fingerprint density at radius 1 is 1.22 bits per heavy atom. The van der Waals surface area contributed by atoms with Crippen LogP contribution in [0.1, 0.15) is 65.2 Å². The Bertz CT molecular complexity index is 784. The maximum atomic E-state index is 11.9. The standard InChI is InChI=1S/C21H27NO5/c1-4-20(27-22(25)26)10-8-16-17-6-5-14-13-15(23)7-9-18(14,2)21(17,24)12-11-19(16,20)3/h1,13,16-17,24H,5-12H2,2-3H3/t16-,17-,18-,19-,20-,21+/m0/s1. The first-order valence-electron chi connectivity index (χ1n) is 9.89. The Morgan fingerprint density at radius 2 is 1.96 bits per heavy atom. The lowest BCUT2D eigenvalue weighted by Crippen LogP contribution is -2.64. The zero-order valence-electron chi connectivity index (χ0n) is 16.0. The Hall–Kier alpha value is -1.87. The van der Waals surface area contributed by atoms with Crippen LogP contribution in [-0.4, -0.2) is 27.2 Å². The molecule has 0 aromatic heterocycles. The Labute approximate surface area is 159 Å². The van der Waals surface area contributed by atoms with Gasteiger partial charge in [0.25, 0.3) is 5.09 Å². The highest BCUT2D eigenvalue weighted by Gasteiger charge is 2.70. The van der Waals surface area contributed by atoms with Crippen LogP contribution in [-0.2, 0) is 9.63 Å². The second kappa shape index (κ2) is 5.57. The van der Waals surface area contributed by atoms with Crippen molar-refractivity contribution < 1.29 is 19.8 Å². The van der Waals surface area contributed by atoms with Crippen LogP contribution < -0.4 is 0 Å². The zero-order chi connectivity index (χ0) is 19.7. The van der Waals surface area contributed by atoms with Crippen molar-refractivity contribution >= 4 is 5.78 Å². The summed E-state index contributed by atoms with van der Waals surface area (Å²) in [6.45, 7) is 4.10. The fraction of sp³-hybridized carbons (Fsp3) is 0.762. The molecule has 0 aromatic carbocycles. The van der Waals surface area contributed by atoms with Gasteiger partial charge in [0.15, 0.2) is 11.4 Å². The highest BCUT2D eigenvalue weighted by Crippen LogP contribution is 2.69. The number of nitrogens with zero attached hydrogens (tertiary/aromatic N) is 1. The van der Waals surface area contributed by atoms with E-state index in [1.807, 2.05) is 6.92 Å². The topological polar surface area (TPSA) is 89.7 Å². The van der Waals surface area contributed by atoms with E-state index in [4.69, 9.17) is 11.3 Å². The molecule has 27 heavy (non-hydrogen) atoms. The van der Waals surface area contributed by atoms with Gasteiger partial charge in [0.2, 0.25) is 0 Å². The fourth-order valence-electron chi connectivity index (χ4n) is 7.04. The number of carbonyl (C=O) groups is 1. The van der Waals surface area contributed by atoms with E-state index in [0.717, 1.165) is 24.8 Å². The van der Waals surface area contributed by atoms with Crippen LogP contribution in [0.2, 0.25) is 0 Å². The van der Waals surface area contributed by atoms with E-state index in [-0.39, 0.29) is 17.6 Å². The number of aliphatic hydroxyl groups is 1. The van der Waals surface area contributed by atoms with Crippen molar-refractivity contribution in [1.29, 1.82) is 0 Å². The van der Waals surface area contributed by atoms with Gasteiger partial charge in [0.1, 0.15) is 0 Å². The molecule has 0 aromatic rings. The van der Waals surface area contributed by atoms with Crippen LogP contribution in [0, 0.1) is 45.1 Å². The number of ketones is 1. The van der Waals surface area contributed by atoms with Gasteiger partial charge in [-0.05, 0) is 62.9 Å². The van der Waals surface area contributed by atoms with Gasteiger partial charge in [-0.3, -0.25) is 9.63 Å². The van der Waals surface area contributed by atoms with Crippen molar-refractivity contribution in [3.63, 3.8) is 0 Å². The molecule has 0 radical (unpaired) electrons. The summed E-state index contributed by atoms with van der Waals surface area (Å²) < 4.78 is 0. The van der Waals surface area contributed by atoms with Gasteiger partial charge in [-0.1, -0.05) is 25.3 Å². The third-order valence-electron chi connectivity index (χ3n) is 8.73. The summed E-state index contributed by atoms with van der Waals surface area (Å²) in [5, 5.41) is 22.3. The molecule has 0 amide bonds. The van der Waals surface area contributed by atoms with Crippen molar-refractivity contribution in [2.75, 3.05) is 0 Å². The van der Waals surface area contributed by atoms with Crippen LogP contribution in [0.4, 0.5) is 0 Å². The molecule has 146 valence electrons. The molecule has 3 saturated carbocycles. The molecule has 4 aliphatic carbocycles. The van der Waals surface area contributed by atoms with E-state index in [1.54, 1.807) is 6.08 Å². The first kappa shape index (κ1) is 18.5. The number of hydrogen-bond donors (Lipinski definition) is 1. The minimum atomic E-state index is -1.22. The summed E-state index contributed by atoms with van der Waals surface area (Å²) in [4.78, 5) is 28.2. The fourth-order valence-corrected chi connectivity index (χ4v) is 7.04. The van der Waals surface area contributed by atoms with Gasteiger partial charge in [0, 0.05) is 17.3 Å².